The summed E-state index contributed by atoms with van der Waals surface area (Å²) < 4.78 is 1.92. The summed E-state index contributed by atoms with van der Waals surface area (Å²) in [6, 6.07) is 3.92. The van der Waals surface area contributed by atoms with Gasteiger partial charge in [0.1, 0.15) is 0 Å². The van der Waals surface area contributed by atoms with E-state index in [4.69, 9.17) is 0 Å². The van der Waals surface area contributed by atoms with Crippen molar-refractivity contribution in [2.24, 2.45) is 0 Å². The van der Waals surface area contributed by atoms with Gasteiger partial charge >= 0.3 is 0 Å². The molecule has 2 heterocycles. The van der Waals surface area contributed by atoms with Gasteiger partial charge in [-0.25, -0.2) is 4.98 Å². The van der Waals surface area contributed by atoms with E-state index in [1.807, 2.05) is 49.9 Å². The summed E-state index contributed by atoms with van der Waals surface area (Å²) in [5, 5.41) is 0. The quantitative estimate of drug-likeness (QED) is 0.690. The van der Waals surface area contributed by atoms with Crippen LogP contribution in [0.2, 0.25) is 0 Å². The van der Waals surface area contributed by atoms with Gasteiger partial charge in [-0.1, -0.05) is 13.8 Å². The highest BCUT2D eigenvalue weighted by atomic mass is 15.0. The monoisotopic (exact) mass is 189 g/mol. The number of rotatable bonds is 1. The van der Waals surface area contributed by atoms with Gasteiger partial charge in [0.2, 0.25) is 0 Å². The molecule has 14 heavy (non-hydrogen) atoms. The third-order valence-electron chi connectivity index (χ3n) is 1.64. The van der Waals surface area contributed by atoms with Crippen LogP contribution in [0.15, 0.2) is 36.9 Å². The molecule has 0 saturated carbocycles. The van der Waals surface area contributed by atoms with Crippen LogP contribution in [0.3, 0.4) is 0 Å². The molecule has 0 fully saturated rings. The van der Waals surface area contributed by atoms with Crippen molar-refractivity contribution in [1.29, 1.82) is 0 Å². The van der Waals surface area contributed by atoms with Crippen LogP contribution in [0, 0.1) is 6.92 Å². The molecule has 3 heteroatoms. The average molecular weight is 189 g/mol. The zero-order valence-corrected chi connectivity index (χ0v) is 8.81. The minimum absolute atomic E-state index is 0.852. The van der Waals surface area contributed by atoms with Gasteiger partial charge in [-0.05, 0) is 19.1 Å². The average Bonchev–Trinajstić information content (AvgIpc) is 2.75. The Morgan fingerprint density at radius 3 is 2.14 bits per heavy atom. The first-order valence-electron chi connectivity index (χ1n) is 4.78. The van der Waals surface area contributed by atoms with E-state index < -0.39 is 0 Å². The first kappa shape index (κ1) is 10.4. The molecule has 0 aliphatic carbocycles. The molecule has 0 aliphatic rings. The van der Waals surface area contributed by atoms with E-state index in [1.165, 1.54) is 0 Å². The molecule has 0 bridgehead atoms. The molecule has 0 N–H and O–H groups in total. The zero-order valence-electron chi connectivity index (χ0n) is 8.81. The fraction of sp³-hybridized carbons (Fsp3) is 0.273. The Kier molecular flexibility index (Phi) is 3.85. The Balaban J connectivity index is 0.000000461. The lowest BCUT2D eigenvalue weighted by Gasteiger charge is -1.99. The van der Waals surface area contributed by atoms with Gasteiger partial charge in [-0.15, -0.1) is 0 Å². The topological polar surface area (TPSA) is 30.7 Å². The molecular weight excluding hydrogens is 174 g/mol. The molecule has 2 aromatic rings. The van der Waals surface area contributed by atoms with E-state index in [9.17, 15) is 0 Å². The van der Waals surface area contributed by atoms with Gasteiger partial charge < -0.3 is 4.57 Å². The van der Waals surface area contributed by atoms with Gasteiger partial charge in [-0.2, -0.15) is 0 Å². The van der Waals surface area contributed by atoms with Crippen LogP contribution in [-0.2, 0) is 0 Å². The zero-order chi connectivity index (χ0) is 10.4. The third-order valence-corrected chi connectivity index (χ3v) is 1.64. The second-order valence-electron chi connectivity index (χ2n) is 2.61. The van der Waals surface area contributed by atoms with Crippen molar-refractivity contribution in [3.63, 3.8) is 0 Å². The first-order valence-corrected chi connectivity index (χ1v) is 4.78. The van der Waals surface area contributed by atoms with Crippen molar-refractivity contribution in [1.82, 2.24) is 14.5 Å². The fourth-order valence-electron chi connectivity index (χ4n) is 1.01. The summed E-state index contributed by atoms with van der Waals surface area (Å²) in [4.78, 5) is 8.37. The van der Waals surface area contributed by atoms with Gasteiger partial charge in [0.25, 0.3) is 0 Å². The van der Waals surface area contributed by atoms with Crippen LogP contribution < -0.4 is 0 Å². The largest absolute Gasteiger partial charge is 0.307 e. The van der Waals surface area contributed by atoms with Crippen molar-refractivity contribution in [2.75, 3.05) is 0 Å². The second-order valence-corrected chi connectivity index (χ2v) is 2.61. The van der Waals surface area contributed by atoms with E-state index in [0.717, 1.165) is 11.5 Å². The number of hydrogen-bond acceptors (Lipinski definition) is 2. The summed E-state index contributed by atoms with van der Waals surface area (Å²) in [5.74, 6) is 0.852. The van der Waals surface area contributed by atoms with Crippen LogP contribution in [-0.4, -0.2) is 14.5 Å². The molecule has 0 unspecified atom stereocenters. The molecule has 0 radical (unpaired) electrons. The molecule has 0 aliphatic heterocycles. The van der Waals surface area contributed by atoms with Crippen molar-refractivity contribution >= 4 is 0 Å². The van der Waals surface area contributed by atoms with E-state index in [0.29, 0.717) is 0 Å². The molecule has 0 amide bonds. The minimum Gasteiger partial charge on any atom is -0.307 e. The molecule has 2 aromatic heterocycles. The lowest BCUT2D eigenvalue weighted by atomic mass is 10.5. The maximum Gasteiger partial charge on any atom is 0.155 e. The van der Waals surface area contributed by atoms with E-state index >= 15 is 0 Å². The van der Waals surface area contributed by atoms with Crippen LogP contribution in [0.1, 0.15) is 19.5 Å². The number of aromatic nitrogens is 3. The lowest BCUT2D eigenvalue weighted by molar-refractivity contribution is 0.966. The minimum atomic E-state index is 0.852. The SMILES string of the molecule is CC.Cc1cnc(-n2cccc2)cn1. The van der Waals surface area contributed by atoms with Gasteiger partial charge in [0.15, 0.2) is 5.82 Å². The molecule has 0 saturated heterocycles. The van der Waals surface area contributed by atoms with Crippen molar-refractivity contribution < 1.29 is 0 Å². The highest BCUT2D eigenvalue weighted by Crippen LogP contribution is 2.01. The maximum atomic E-state index is 4.22. The van der Waals surface area contributed by atoms with Crippen molar-refractivity contribution in [2.45, 2.75) is 20.8 Å². The van der Waals surface area contributed by atoms with Crippen molar-refractivity contribution in [3.05, 3.63) is 42.6 Å². The third kappa shape index (κ3) is 2.42. The van der Waals surface area contributed by atoms with Gasteiger partial charge in [0.05, 0.1) is 18.1 Å². The maximum absolute atomic E-state index is 4.22. The van der Waals surface area contributed by atoms with E-state index in [2.05, 4.69) is 9.97 Å². The number of aryl methyl sites for hydroxylation is 1. The normalized spacial score (nSPS) is 9.07. The molecular formula is C11H15N3. The molecule has 3 nitrogen and oxygen atoms in total. The molecule has 0 spiro atoms. The fourth-order valence-corrected chi connectivity index (χ4v) is 1.01. The van der Waals surface area contributed by atoms with Crippen LogP contribution >= 0.6 is 0 Å². The Morgan fingerprint density at radius 1 is 1.00 bits per heavy atom. The Morgan fingerprint density at radius 2 is 1.64 bits per heavy atom. The predicted molar refractivity (Wildman–Crippen MR) is 57.4 cm³/mol. The highest BCUT2D eigenvalue weighted by molar-refractivity contribution is 5.19. The van der Waals surface area contributed by atoms with Crippen LogP contribution in [0.25, 0.3) is 5.82 Å². The van der Waals surface area contributed by atoms with E-state index in [1.54, 1.807) is 12.4 Å². The van der Waals surface area contributed by atoms with Crippen LogP contribution in [0.4, 0.5) is 0 Å². The summed E-state index contributed by atoms with van der Waals surface area (Å²) in [6.07, 6.45) is 7.41. The first-order chi connectivity index (χ1) is 6.86. The summed E-state index contributed by atoms with van der Waals surface area (Å²) in [7, 11) is 0. The Hall–Kier alpha value is -1.64. The summed E-state index contributed by atoms with van der Waals surface area (Å²) in [6.45, 7) is 5.92. The molecule has 2 rings (SSSR count). The Bertz CT molecular complexity index is 349. The standard InChI is InChI=1S/C9H9N3.C2H6/c1-8-6-11-9(7-10-8)12-4-2-3-5-12;1-2/h2-7H,1H3;1-2H3. The highest BCUT2D eigenvalue weighted by Gasteiger charge is 1.94. The van der Waals surface area contributed by atoms with Gasteiger partial charge in [0, 0.05) is 12.4 Å². The molecule has 0 atom stereocenters. The summed E-state index contributed by atoms with van der Waals surface area (Å²) in [5.41, 5.74) is 0.936. The molecule has 74 valence electrons. The predicted octanol–water partition coefficient (Wildman–Crippen LogP) is 2.60. The van der Waals surface area contributed by atoms with Crippen LogP contribution in [0.5, 0.6) is 0 Å². The lowest BCUT2D eigenvalue weighted by Crippen LogP contribution is -1.95. The van der Waals surface area contributed by atoms with Crippen molar-refractivity contribution in [3.8, 4) is 5.82 Å². The number of hydrogen-bond donors (Lipinski definition) is 0. The second kappa shape index (κ2) is 5.17. The van der Waals surface area contributed by atoms with E-state index in [-0.39, 0.29) is 0 Å². The number of nitrogens with zero attached hydrogens (tertiary/aromatic N) is 3. The van der Waals surface area contributed by atoms with Gasteiger partial charge in [-0.3, -0.25) is 4.98 Å². The molecule has 0 aromatic carbocycles. The Labute approximate surface area is 84.4 Å². The smallest absolute Gasteiger partial charge is 0.155 e. The summed E-state index contributed by atoms with van der Waals surface area (Å²) >= 11 is 0.